The van der Waals surface area contributed by atoms with Gasteiger partial charge < -0.3 is 16.0 Å². The zero-order chi connectivity index (χ0) is 27.8. The van der Waals surface area contributed by atoms with Crippen molar-refractivity contribution in [3.8, 4) is 11.4 Å². The van der Waals surface area contributed by atoms with Crippen LogP contribution in [0.2, 0.25) is 0 Å². The van der Waals surface area contributed by atoms with Crippen LogP contribution in [0.5, 0.6) is 0 Å². The summed E-state index contributed by atoms with van der Waals surface area (Å²) in [4.78, 5) is 58.5. The lowest BCUT2D eigenvalue weighted by Crippen LogP contribution is -2.46. The van der Waals surface area contributed by atoms with Crippen LogP contribution in [0, 0.1) is 0 Å². The van der Waals surface area contributed by atoms with Gasteiger partial charge in [-0.25, -0.2) is 4.98 Å². The van der Waals surface area contributed by atoms with Crippen molar-refractivity contribution < 1.29 is 14.4 Å². The van der Waals surface area contributed by atoms with Crippen molar-refractivity contribution in [2.24, 2.45) is 0 Å². The van der Waals surface area contributed by atoms with E-state index in [2.05, 4.69) is 10.3 Å². The van der Waals surface area contributed by atoms with Gasteiger partial charge in [-0.05, 0) is 12.5 Å². The van der Waals surface area contributed by atoms with E-state index in [0.717, 1.165) is 0 Å². The van der Waals surface area contributed by atoms with E-state index in [1.807, 2.05) is 6.07 Å². The average Bonchev–Trinajstić information content (AvgIpc) is 2.98. The number of nitrogens with one attached hydrogen (secondary N) is 1. The molecule has 9 heteroatoms. The molecule has 3 aromatic carbocycles. The van der Waals surface area contributed by atoms with Crippen molar-refractivity contribution in [3.05, 3.63) is 119 Å². The zero-order valence-electron chi connectivity index (χ0n) is 21.5. The van der Waals surface area contributed by atoms with Gasteiger partial charge in [0.1, 0.15) is 24.1 Å². The third-order valence-corrected chi connectivity index (χ3v) is 6.25. The fraction of sp³-hybridized carbons (Fsp3) is 0.167. The molecule has 0 aliphatic carbocycles. The summed E-state index contributed by atoms with van der Waals surface area (Å²) in [6.45, 7) is 1.31. The molecular weight excluding hydrogens is 494 g/mol. The number of nitrogens with two attached hydrogens (primary N) is 1. The molecule has 4 aromatic rings. The summed E-state index contributed by atoms with van der Waals surface area (Å²) >= 11 is 0. The van der Waals surface area contributed by atoms with Gasteiger partial charge in [0.2, 0.25) is 11.8 Å². The van der Waals surface area contributed by atoms with Crippen LogP contribution in [0.3, 0.4) is 0 Å². The SMILES string of the molecule is CCN(C(=O)Cn1c(-c2ccccc2)ncc(N)c1=O)C(C(=O)NCC(=O)c1ccccc1)c1ccccc1. The number of anilines is 1. The Kier molecular flexibility index (Phi) is 8.63. The lowest BCUT2D eigenvalue weighted by atomic mass is 10.0. The highest BCUT2D eigenvalue weighted by Crippen LogP contribution is 2.23. The molecule has 3 N–H and O–H groups in total. The number of rotatable bonds is 10. The molecule has 9 nitrogen and oxygen atoms in total. The first-order chi connectivity index (χ1) is 18.9. The second-order valence-electron chi connectivity index (χ2n) is 8.79. The molecule has 0 aliphatic heterocycles. The predicted octanol–water partition coefficient (Wildman–Crippen LogP) is 3.08. The van der Waals surface area contributed by atoms with Gasteiger partial charge in [0.25, 0.3) is 5.56 Å². The Balaban J connectivity index is 1.63. The number of hydrogen-bond acceptors (Lipinski definition) is 6. The molecule has 198 valence electrons. The Hall–Kier alpha value is -5.05. The average molecular weight is 524 g/mol. The first-order valence-corrected chi connectivity index (χ1v) is 12.5. The fourth-order valence-corrected chi connectivity index (χ4v) is 4.30. The maximum atomic E-state index is 13.7. The molecule has 0 fully saturated rings. The van der Waals surface area contributed by atoms with Crippen molar-refractivity contribution in [2.45, 2.75) is 19.5 Å². The van der Waals surface area contributed by atoms with Crippen LogP contribution in [-0.4, -0.2) is 45.1 Å². The van der Waals surface area contributed by atoms with Crippen LogP contribution in [0.1, 0.15) is 28.9 Å². The summed E-state index contributed by atoms with van der Waals surface area (Å²) < 4.78 is 1.22. The van der Waals surface area contributed by atoms with E-state index in [0.29, 0.717) is 16.7 Å². The van der Waals surface area contributed by atoms with Gasteiger partial charge >= 0.3 is 0 Å². The van der Waals surface area contributed by atoms with Gasteiger partial charge in [-0.1, -0.05) is 91.0 Å². The van der Waals surface area contributed by atoms with E-state index in [4.69, 9.17) is 5.73 Å². The summed E-state index contributed by atoms with van der Waals surface area (Å²) in [6, 6.07) is 25.4. The van der Waals surface area contributed by atoms with Crippen LogP contribution in [0.15, 0.2) is 102 Å². The van der Waals surface area contributed by atoms with Gasteiger partial charge in [-0.3, -0.25) is 23.7 Å². The van der Waals surface area contributed by atoms with Gasteiger partial charge in [-0.2, -0.15) is 0 Å². The molecule has 1 atom stereocenters. The highest BCUT2D eigenvalue weighted by atomic mass is 16.2. The molecule has 0 spiro atoms. The van der Waals surface area contributed by atoms with Crippen LogP contribution in [0.25, 0.3) is 11.4 Å². The number of aromatic nitrogens is 2. The van der Waals surface area contributed by atoms with Gasteiger partial charge in [-0.15, -0.1) is 0 Å². The van der Waals surface area contributed by atoms with Crippen molar-refractivity contribution in [3.63, 3.8) is 0 Å². The minimum Gasteiger partial charge on any atom is -0.393 e. The van der Waals surface area contributed by atoms with Gasteiger partial charge in [0.15, 0.2) is 5.78 Å². The Morgan fingerprint density at radius 2 is 1.51 bits per heavy atom. The van der Waals surface area contributed by atoms with Crippen LogP contribution < -0.4 is 16.6 Å². The second kappa shape index (κ2) is 12.5. The minimum absolute atomic E-state index is 0.0951. The normalized spacial score (nSPS) is 11.4. The number of carbonyl (C=O) groups excluding carboxylic acids is 3. The summed E-state index contributed by atoms with van der Waals surface area (Å²) in [6.07, 6.45) is 1.27. The lowest BCUT2D eigenvalue weighted by Gasteiger charge is -2.31. The smallest absolute Gasteiger partial charge is 0.277 e. The molecule has 1 aromatic heterocycles. The third kappa shape index (κ3) is 6.27. The maximum absolute atomic E-state index is 13.7. The fourth-order valence-electron chi connectivity index (χ4n) is 4.30. The molecule has 39 heavy (non-hydrogen) atoms. The largest absolute Gasteiger partial charge is 0.393 e. The molecule has 4 rings (SSSR count). The number of hydrogen-bond donors (Lipinski definition) is 2. The number of ketones is 1. The second-order valence-corrected chi connectivity index (χ2v) is 8.79. The number of amides is 2. The quantitative estimate of drug-likeness (QED) is 0.308. The summed E-state index contributed by atoms with van der Waals surface area (Å²) in [5.74, 6) is -0.965. The summed E-state index contributed by atoms with van der Waals surface area (Å²) in [7, 11) is 0. The van der Waals surface area contributed by atoms with Crippen molar-refractivity contribution in [1.82, 2.24) is 19.8 Å². The number of nitrogen functional groups attached to an aromatic ring is 1. The number of Topliss-reactive ketones (excluding diaryl/α,β-unsaturated/α-hetero) is 1. The first kappa shape index (κ1) is 27.0. The molecule has 1 heterocycles. The highest BCUT2D eigenvalue weighted by molar-refractivity contribution is 6.00. The molecule has 0 saturated heterocycles. The lowest BCUT2D eigenvalue weighted by molar-refractivity contribution is -0.141. The molecular formula is C30H29N5O4. The first-order valence-electron chi connectivity index (χ1n) is 12.5. The molecule has 0 saturated carbocycles. The summed E-state index contributed by atoms with van der Waals surface area (Å²) in [5, 5.41) is 2.69. The molecule has 2 amide bonds. The topological polar surface area (TPSA) is 127 Å². The van der Waals surface area contributed by atoms with Crippen LogP contribution in [-0.2, 0) is 16.1 Å². The van der Waals surface area contributed by atoms with E-state index in [-0.39, 0.29) is 36.9 Å². The minimum atomic E-state index is -1.03. The zero-order valence-corrected chi connectivity index (χ0v) is 21.5. The number of nitrogens with zero attached hydrogens (tertiary/aromatic N) is 3. The van der Waals surface area contributed by atoms with E-state index >= 15 is 0 Å². The van der Waals surface area contributed by atoms with Crippen LogP contribution >= 0.6 is 0 Å². The van der Waals surface area contributed by atoms with Crippen molar-refractivity contribution in [2.75, 3.05) is 18.8 Å². The molecule has 0 radical (unpaired) electrons. The number of benzene rings is 3. The van der Waals surface area contributed by atoms with E-state index in [9.17, 15) is 19.2 Å². The van der Waals surface area contributed by atoms with Crippen molar-refractivity contribution in [1.29, 1.82) is 0 Å². The predicted molar refractivity (Wildman–Crippen MR) is 149 cm³/mol. The molecule has 0 aliphatic rings. The molecule has 0 bridgehead atoms. The maximum Gasteiger partial charge on any atom is 0.277 e. The standard InChI is InChI=1S/C30H29N5O4/c1-2-34(26(37)20-35-28(23-16-10-5-11-17-23)32-18-24(31)30(35)39)27(22-14-8-4-9-15-22)29(38)33-19-25(36)21-12-6-3-7-13-21/h3-18,27H,2,19-20,31H2,1H3,(H,33,38). The highest BCUT2D eigenvalue weighted by Gasteiger charge is 2.31. The Labute approximate surface area is 225 Å². The van der Waals surface area contributed by atoms with Crippen molar-refractivity contribution >= 4 is 23.3 Å². The third-order valence-electron chi connectivity index (χ3n) is 6.25. The Bertz CT molecular complexity index is 1510. The monoisotopic (exact) mass is 523 g/mol. The van der Waals surface area contributed by atoms with Gasteiger partial charge in [0.05, 0.1) is 12.7 Å². The Morgan fingerprint density at radius 3 is 2.13 bits per heavy atom. The van der Waals surface area contributed by atoms with E-state index < -0.39 is 23.4 Å². The van der Waals surface area contributed by atoms with E-state index in [1.54, 1.807) is 91.9 Å². The molecule has 1 unspecified atom stereocenters. The Morgan fingerprint density at radius 1 is 0.923 bits per heavy atom. The van der Waals surface area contributed by atoms with Crippen LogP contribution in [0.4, 0.5) is 5.69 Å². The van der Waals surface area contributed by atoms with E-state index in [1.165, 1.54) is 15.7 Å². The number of likely N-dealkylation sites (N-methyl/N-ethyl adjacent to an activating group) is 1. The van der Waals surface area contributed by atoms with Gasteiger partial charge in [0, 0.05) is 17.7 Å². The summed E-state index contributed by atoms with van der Waals surface area (Å²) in [5.41, 5.74) is 6.88. The number of carbonyl (C=O) groups is 3.